The van der Waals surface area contributed by atoms with Crippen LogP contribution in [0.1, 0.15) is 62.6 Å². The van der Waals surface area contributed by atoms with Gasteiger partial charge < -0.3 is 25.2 Å². The van der Waals surface area contributed by atoms with Crippen molar-refractivity contribution in [2.45, 2.75) is 58.5 Å². The third-order valence-electron chi connectivity index (χ3n) is 8.43. The number of fused-ring (bicyclic) bond motifs is 1. The molecule has 1 amide bonds. The van der Waals surface area contributed by atoms with Gasteiger partial charge in [-0.3, -0.25) is 14.3 Å². The molecule has 13 nitrogen and oxygen atoms in total. The van der Waals surface area contributed by atoms with E-state index in [1.807, 2.05) is 6.92 Å². The number of amides is 1. The number of nitriles is 1. The van der Waals surface area contributed by atoms with E-state index in [2.05, 4.69) is 37.8 Å². The summed E-state index contributed by atoms with van der Waals surface area (Å²) in [5, 5.41) is 32.4. The molecule has 0 spiro atoms. The molecule has 224 valence electrons. The molecule has 2 aromatic rings. The standard InChI is InChI=1S/C29H36N6O7/c1-5-33-10-11-34(17(2)16-33)21-13-22-20(12-18(21)15-30)32-26(35(22)23(27(39)40)14-24(36)37)25(38)29(3)8-6-19(7-9-29)31-28(41)42-4/h12-14,17,19H,5-11,16H2,1-4H3,(H,31,41)(H,36,37)(H,39,40)/b23-14-/t17-,19?,29?/m1/s1. The number of nitrogens with zero attached hydrogens (tertiary/aromatic N) is 5. The van der Waals surface area contributed by atoms with Gasteiger partial charge in [0.15, 0.2) is 5.82 Å². The van der Waals surface area contributed by atoms with Crippen LogP contribution >= 0.6 is 0 Å². The fourth-order valence-electron chi connectivity index (χ4n) is 5.97. The normalized spacial score (nSPS) is 23.3. The maximum Gasteiger partial charge on any atom is 0.407 e. The molecule has 1 aliphatic heterocycles. The first-order valence-corrected chi connectivity index (χ1v) is 14.0. The van der Waals surface area contributed by atoms with Crippen molar-refractivity contribution >= 4 is 46.2 Å². The second-order valence-electron chi connectivity index (χ2n) is 11.1. The predicted octanol–water partition coefficient (Wildman–Crippen LogP) is 2.94. The first kappa shape index (κ1) is 30.5. The number of aliphatic carboxylic acids is 2. The minimum atomic E-state index is -1.54. The van der Waals surface area contributed by atoms with Crippen molar-refractivity contribution in [3.63, 3.8) is 0 Å². The number of carbonyl (C=O) groups excluding carboxylic acids is 2. The molecular formula is C29H36N6O7. The number of nitrogens with one attached hydrogen (secondary N) is 1. The van der Waals surface area contributed by atoms with Crippen LogP contribution in [0, 0.1) is 16.7 Å². The number of hydrogen-bond donors (Lipinski definition) is 3. The highest BCUT2D eigenvalue weighted by atomic mass is 16.5. The second-order valence-corrected chi connectivity index (χ2v) is 11.1. The number of likely N-dealkylation sites (N-methyl/N-ethyl adjacent to an activating group) is 1. The molecule has 42 heavy (non-hydrogen) atoms. The van der Waals surface area contributed by atoms with E-state index >= 15 is 0 Å². The molecule has 1 saturated heterocycles. The Morgan fingerprint density at radius 2 is 1.90 bits per heavy atom. The molecule has 0 bridgehead atoms. The SMILES string of the molecule is CCN1CCN(c2cc3c(cc2C#N)nc(C(=O)C2(C)CCC(NC(=O)OC)CC2)n3/C(=C\C(=O)O)C(=O)O)[C@H](C)C1. The molecule has 3 N–H and O–H groups in total. The maximum atomic E-state index is 14.1. The van der Waals surface area contributed by atoms with Crippen LogP contribution in [0.4, 0.5) is 10.5 Å². The Labute approximate surface area is 243 Å². The first-order valence-electron chi connectivity index (χ1n) is 14.0. The molecule has 1 aromatic heterocycles. The van der Waals surface area contributed by atoms with Crippen LogP contribution in [0.25, 0.3) is 16.7 Å². The summed E-state index contributed by atoms with van der Waals surface area (Å²) in [4.78, 5) is 58.8. The van der Waals surface area contributed by atoms with Crippen molar-refractivity contribution in [3.8, 4) is 6.07 Å². The van der Waals surface area contributed by atoms with E-state index in [1.54, 1.807) is 13.0 Å². The van der Waals surface area contributed by atoms with Gasteiger partial charge in [-0.2, -0.15) is 5.26 Å². The van der Waals surface area contributed by atoms with Crippen LogP contribution in [0.15, 0.2) is 18.2 Å². The molecular weight excluding hydrogens is 544 g/mol. The fourth-order valence-corrected chi connectivity index (χ4v) is 5.97. The number of hydrogen-bond acceptors (Lipinski definition) is 9. The van der Waals surface area contributed by atoms with E-state index in [4.69, 9.17) is 0 Å². The third kappa shape index (κ3) is 5.94. The average molecular weight is 581 g/mol. The molecule has 1 aromatic carbocycles. The highest BCUT2D eigenvalue weighted by molar-refractivity contribution is 6.17. The molecule has 4 rings (SSSR count). The van der Waals surface area contributed by atoms with E-state index < -0.39 is 34.9 Å². The zero-order valence-corrected chi connectivity index (χ0v) is 24.2. The van der Waals surface area contributed by atoms with Gasteiger partial charge in [-0.1, -0.05) is 13.8 Å². The van der Waals surface area contributed by atoms with Crippen molar-refractivity contribution in [3.05, 3.63) is 29.6 Å². The summed E-state index contributed by atoms with van der Waals surface area (Å²) < 4.78 is 5.77. The lowest BCUT2D eigenvalue weighted by Gasteiger charge is -2.41. The number of rotatable bonds is 8. The highest BCUT2D eigenvalue weighted by Gasteiger charge is 2.41. The van der Waals surface area contributed by atoms with Crippen molar-refractivity contribution in [2.75, 3.05) is 38.2 Å². The Kier molecular flexibility index (Phi) is 8.86. The Bertz CT molecular complexity index is 1480. The van der Waals surface area contributed by atoms with Crippen molar-refractivity contribution in [2.24, 2.45) is 5.41 Å². The monoisotopic (exact) mass is 580 g/mol. The number of alkyl carbamates (subject to hydrolysis) is 1. The lowest BCUT2D eigenvalue weighted by Crippen LogP contribution is -2.52. The van der Waals surface area contributed by atoms with Crippen LogP contribution in [-0.2, 0) is 14.3 Å². The largest absolute Gasteiger partial charge is 0.478 e. The van der Waals surface area contributed by atoms with Gasteiger partial charge in [0.1, 0.15) is 11.8 Å². The van der Waals surface area contributed by atoms with E-state index in [-0.39, 0.29) is 28.9 Å². The summed E-state index contributed by atoms with van der Waals surface area (Å²) >= 11 is 0. The lowest BCUT2D eigenvalue weighted by atomic mass is 9.71. The van der Waals surface area contributed by atoms with Gasteiger partial charge in [0.25, 0.3) is 0 Å². The van der Waals surface area contributed by atoms with E-state index in [0.717, 1.165) is 24.2 Å². The zero-order chi connectivity index (χ0) is 30.8. The van der Waals surface area contributed by atoms with Gasteiger partial charge in [-0.05, 0) is 51.3 Å². The van der Waals surface area contributed by atoms with Crippen LogP contribution in [-0.4, -0.2) is 93.9 Å². The minimum absolute atomic E-state index is 0.0434. The Morgan fingerprint density at radius 3 is 2.45 bits per heavy atom. The average Bonchev–Trinajstić information content (AvgIpc) is 3.33. The van der Waals surface area contributed by atoms with Crippen molar-refractivity contribution in [1.82, 2.24) is 19.8 Å². The van der Waals surface area contributed by atoms with E-state index in [0.29, 0.717) is 49.6 Å². The van der Waals surface area contributed by atoms with Gasteiger partial charge in [-0.25, -0.2) is 19.4 Å². The van der Waals surface area contributed by atoms with Gasteiger partial charge >= 0.3 is 18.0 Å². The second kappa shape index (κ2) is 12.2. The predicted molar refractivity (Wildman–Crippen MR) is 153 cm³/mol. The van der Waals surface area contributed by atoms with Gasteiger partial charge in [0.05, 0.1) is 35.5 Å². The van der Waals surface area contributed by atoms with Gasteiger partial charge in [-0.15, -0.1) is 0 Å². The van der Waals surface area contributed by atoms with Crippen LogP contribution in [0.3, 0.4) is 0 Å². The molecule has 0 radical (unpaired) electrons. The first-order chi connectivity index (χ1) is 19.9. The topological polar surface area (TPSA) is 178 Å². The van der Waals surface area contributed by atoms with Gasteiger partial charge in [0.2, 0.25) is 5.78 Å². The molecule has 1 saturated carbocycles. The maximum absolute atomic E-state index is 14.1. The molecule has 1 atom stereocenters. The summed E-state index contributed by atoms with van der Waals surface area (Å²) in [5.74, 6) is -3.70. The van der Waals surface area contributed by atoms with Crippen molar-refractivity contribution < 1.29 is 34.1 Å². The number of aromatic nitrogens is 2. The smallest absolute Gasteiger partial charge is 0.407 e. The number of methoxy groups -OCH3 is 1. The Morgan fingerprint density at radius 1 is 1.21 bits per heavy atom. The number of anilines is 1. The Hall–Kier alpha value is -4.44. The molecule has 0 unspecified atom stereocenters. The summed E-state index contributed by atoms with van der Waals surface area (Å²) in [6.07, 6.45) is 1.71. The zero-order valence-electron chi connectivity index (χ0n) is 24.2. The molecule has 1 aliphatic carbocycles. The number of piperazine rings is 1. The molecule has 13 heteroatoms. The number of benzene rings is 1. The third-order valence-corrected chi connectivity index (χ3v) is 8.43. The highest BCUT2D eigenvalue weighted by Crippen LogP contribution is 2.40. The number of carboxylic acid groups (broad SMARTS) is 2. The van der Waals surface area contributed by atoms with Crippen LogP contribution in [0.5, 0.6) is 0 Å². The van der Waals surface area contributed by atoms with E-state index in [9.17, 15) is 34.7 Å². The number of carbonyl (C=O) groups is 4. The summed E-state index contributed by atoms with van der Waals surface area (Å²) in [5.41, 5.74) is -0.279. The van der Waals surface area contributed by atoms with Crippen LogP contribution < -0.4 is 10.2 Å². The molecule has 2 aliphatic rings. The van der Waals surface area contributed by atoms with Crippen molar-refractivity contribution in [1.29, 1.82) is 5.26 Å². The number of imidazole rings is 1. The van der Waals surface area contributed by atoms with Gasteiger partial charge in [0, 0.05) is 37.1 Å². The molecule has 2 heterocycles. The summed E-state index contributed by atoms with van der Waals surface area (Å²) in [6.45, 7) is 8.94. The van der Waals surface area contributed by atoms with Crippen LogP contribution in [0.2, 0.25) is 0 Å². The summed E-state index contributed by atoms with van der Waals surface area (Å²) in [6, 6.07) is 5.22. The fraction of sp³-hybridized carbons (Fsp3) is 0.517. The Balaban J connectivity index is 1.84. The lowest BCUT2D eigenvalue weighted by molar-refractivity contribution is -0.133. The quantitative estimate of drug-likeness (QED) is 0.309. The van der Waals surface area contributed by atoms with E-state index in [1.165, 1.54) is 13.2 Å². The number of ether oxygens (including phenoxy) is 1. The summed E-state index contributed by atoms with van der Waals surface area (Å²) in [7, 11) is 1.27. The minimum Gasteiger partial charge on any atom is -0.478 e. The number of ketones is 1. The number of Topliss-reactive ketones (excluding diaryl/α,β-unsaturated/α-hetero) is 1. The molecule has 2 fully saturated rings. The number of carboxylic acids is 2.